The maximum atomic E-state index is 12.7. The number of hydrogen-bond donors (Lipinski definition) is 2. The maximum absolute atomic E-state index is 12.7. The van der Waals surface area contributed by atoms with E-state index in [4.69, 9.17) is 9.47 Å². The lowest BCUT2D eigenvalue weighted by Gasteiger charge is -2.21. The van der Waals surface area contributed by atoms with Gasteiger partial charge in [0.2, 0.25) is 5.91 Å². The van der Waals surface area contributed by atoms with E-state index in [9.17, 15) is 9.59 Å². The summed E-state index contributed by atoms with van der Waals surface area (Å²) in [7, 11) is 4.97. The van der Waals surface area contributed by atoms with Gasteiger partial charge in [-0.2, -0.15) is 0 Å². The van der Waals surface area contributed by atoms with E-state index >= 15 is 0 Å². The molecule has 1 aromatic heterocycles. The number of nitrogens with zero attached hydrogens (tertiary/aromatic N) is 2. The van der Waals surface area contributed by atoms with Gasteiger partial charge in [0, 0.05) is 31.1 Å². The summed E-state index contributed by atoms with van der Waals surface area (Å²) in [5.74, 6) is 1.17. The lowest BCUT2D eigenvalue weighted by atomic mass is 10.0. The zero-order chi connectivity index (χ0) is 22.4. The number of aromatic nitrogens is 2. The van der Waals surface area contributed by atoms with Crippen LogP contribution in [0.4, 0.5) is 0 Å². The number of carbonyl (C=O) groups excluding carboxylic acids is 2. The van der Waals surface area contributed by atoms with E-state index in [1.165, 1.54) is 0 Å². The van der Waals surface area contributed by atoms with Crippen LogP contribution in [0.3, 0.4) is 0 Å². The van der Waals surface area contributed by atoms with Crippen molar-refractivity contribution >= 4 is 11.8 Å². The van der Waals surface area contributed by atoms with Gasteiger partial charge in [-0.25, -0.2) is 4.98 Å². The number of hydrogen-bond acceptors (Lipinski definition) is 5. The second-order valence-electron chi connectivity index (χ2n) is 7.04. The van der Waals surface area contributed by atoms with Crippen molar-refractivity contribution in [1.82, 2.24) is 20.2 Å². The van der Waals surface area contributed by atoms with Crippen molar-refractivity contribution in [1.29, 1.82) is 0 Å². The van der Waals surface area contributed by atoms with Gasteiger partial charge in [-0.15, -0.1) is 0 Å². The van der Waals surface area contributed by atoms with Crippen LogP contribution >= 0.6 is 0 Å². The predicted octanol–water partition coefficient (Wildman–Crippen LogP) is 2.38. The van der Waals surface area contributed by atoms with Gasteiger partial charge in [0.05, 0.1) is 20.8 Å². The van der Waals surface area contributed by atoms with Gasteiger partial charge in [0.1, 0.15) is 23.4 Å². The van der Waals surface area contributed by atoms with Gasteiger partial charge in [0.15, 0.2) is 0 Å². The molecule has 0 bridgehead atoms. The van der Waals surface area contributed by atoms with Crippen molar-refractivity contribution in [2.45, 2.75) is 13.0 Å². The molecule has 0 unspecified atom stereocenters. The van der Waals surface area contributed by atoms with E-state index in [0.717, 1.165) is 11.1 Å². The first-order valence-corrected chi connectivity index (χ1v) is 9.76. The van der Waals surface area contributed by atoms with Gasteiger partial charge in [-0.05, 0) is 36.2 Å². The molecule has 8 nitrogen and oxygen atoms in total. The minimum Gasteiger partial charge on any atom is -0.497 e. The number of imidazole rings is 1. The van der Waals surface area contributed by atoms with Crippen LogP contribution < -0.4 is 20.1 Å². The number of ether oxygens (including phenoxy) is 2. The molecule has 3 aromatic rings. The lowest BCUT2D eigenvalue weighted by Crippen LogP contribution is -2.39. The molecule has 0 fully saturated rings. The Balaban J connectivity index is 1.80. The minimum absolute atomic E-state index is 0.171. The summed E-state index contributed by atoms with van der Waals surface area (Å²) in [6.07, 6.45) is 3.46. The number of benzene rings is 2. The Bertz CT molecular complexity index is 1050. The fourth-order valence-electron chi connectivity index (χ4n) is 3.24. The maximum Gasteiger partial charge on any atom is 0.251 e. The Morgan fingerprint density at radius 2 is 1.77 bits per heavy atom. The smallest absolute Gasteiger partial charge is 0.251 e. The summed E-state index contributed by atoms with van der Waals surface area (Å²) in [6.45, 7) is 1.68. The summed E-state index contributed by atoms with van der Waals surface area (Å²) in [5.41, 5.74) is 2.12. The monoisotopic (exact) mass is 422 g/mol. The topological polar surface area (TPSA) is 94.5 Å². The number of aryl methyl sites for hydroxylation is 2. The molecule has 8 heteroatoms. The summed E-state index contributed by atoms with van der Waals surface area (Å²) in [4.78, 5) is 29.6. The van der Waals surface area contributed by atoms with Crippen molar-refractivity contribution in [3.8, 4) is 11.5 Å². The highest BCUT2D eigenvalue weighted by molar-refractivity contribution is 5.97. The zero-order valence-corrected chi connectivity index (χ0v) is 18.0. The van der Waals surface area contributed by atoms with E-state index in [1.807, 2.05) is 42.8 Å². The number of rotatable bonds is 8. The molecule has 3 rings (SSSR count). The van der Waals surface area contributed by atoms with Crippen LogP contribution in [0.5, 0.6) is 11.5 Å². The van der Waals surface area contributed by atoms with E-state index in [0.29, 0.717) is 22.9 Å². The molecule has 162 valence electrons. The van der Waals surface area contributed by atoms with Crippen LogP contribution in [0.2, 0.25) is 0 Å². The summed E-state index contributed by atoms with van der Waals surface area (Å²) in [5, 5.41) is 5.63. The number of carbonyl (C=O) groups is 2. The van der Waals surface area contributed by atoms with Crippen molar-refractivity contribution in [3.05, 3.63) is 77.4 Å². The fraction of sp³-hybridized carbons (Fsp3) is 0.261. The quantitative estimate of drug-likeness (QED) is 0.581. The molecule has 0 spiro atoms. The normalized spacial score (nSPS) is 11.5. The van der Waals surface area contributed by atoms with Crippen molar-refractivity contribution < 1.29 is 19.1 Å². The fourth-order valence-corrected chi connectivity index (χ4v) is 3.24. The lowest BCUT2D eigenvalue weighted by molar-refractivity contribution is -0.120. The SMILES string of the molecule is COc1cc(OC)cc([C@H](NC(=O)CNC(=O)c2ccccc2C)c2nccn2C)c1. The van der Waals surface area contributed by atoms with E-state index in [-0.39, 0.29) is 18.4 Å². The number of nitrogens with one attached hydrogen (secondary N) is 2. The van der Waals surface area contributed by atoms with Crippen molar-refractivity contribution in [3.63, 3.8) is 0 Å². The number of methoxy groups -OCH3 is 2. The summed E-state index contributed by atoms with van der Waals surface area (Å²) < 4.78 is 12.5. The molecule has 1 heterocycles. The number of amides is 2. The van der Waals surface area contributed by atoms with Gasteiger partial charge in [-0.3, -0.25) is 9.59 Å². The van der Waals surface area contributed by atoms with Crippen molar-refractivity contribution in [2.75, 3.05) is 20.8 Å². The second kappa shape index (κ2) is 9.80. The van der Waals surface area contributed by atoms with Crippen LogP contribution in [-0.4, -0.2) is 42.1 Å². The molecule has 31 heavy (non-hydrogen) atoms. The van der Waals surface area contributed by atoms with Crippen LogP contribution in [0.25, 0.3) is 0 Å². The predicted molar refractivity (Wildman–Crippen MR) is 116 cm³/mol. The van der Waals surface area contributed by atoms with E-state index in [1.54, 1.807) is 44.8 Å². The molecule has 2 N–H and O–H groups in total. The molecule has 0 radical (unpaired) electrons. The molecular formula is C23H26N4O4. The van der Waals surface area contributed by atoms with Gasteiger partial charge >= 0.3 is 0 Å². The molecule has 0 aliphatic heterocycles. The molecule has 1 atom stereocenters. The molecule has 0 aliphatic carbocycles. The zero-order valence-electron chi connectivity index (χ0n) is 18.0. The molecular weight excluding hydrogens is 396 g/mol. The highest BCUT2D eigenvalue weighted by atomic mass is 16.5. The Morgan fingerprint density at radius 1 is 1.10 bits per heavy atom. The average molecular weight is 422 g/mol. The first kappa shape index (κ1) is 21.9. The third kappa shape index (κ3) is 5.22. The first-order valence-electron chi connectivity index (χ1n) is 9.76. The second-order valence-corrected chi connectivity index (χ2v) is 7.04. The van der Waals surface area contributed by atoms with Gasteiger partial charge in [0.25, 0.3) is 5.91 Å². The third-order valence-corrected chi connectivity index (χ3v) is 4.93. The van der Waals surface area contributed by atoms with E-state index in [2.05, 4.69) is 15.6 Å². The molecule has 0 aliphatic rings. The van der Waals surface area contributed by atoms with Crippen molar-refractivity contribution in [2.24, 2.45) is 7.05 Å². The Hall–Kier alpha value is -3.81. The summed E-state index contributed by atoms with van der Waals surface area (Å²) in [6, 6.07) is 12.0. The molecule has 0 saturated heterocycles. The molecule has 2 amide bonds. The largest absolute Gasteiger partial charge is 0.497 e. The van der Waals surface area contributed by atoms with E-state index < -0.39 is 6.04 Å². The highest BCUT2D eigenvalue weighted by Crippen LogP contribution is 2.29. The molecule has 0 saturated carbocycles. The van der Waals surface area contributed by atoms with Crippen LogP contribution in [0.15, 0.2) is 54.9 Å². The van der Waals surface area contributed by atoms with Gasteiger partial charge in [-0.1, -0.05) is 18.2 Å². The highest BCUT2D eigenvalue weighted by Gasteiger charge is 2.23. The third-order valence-electron chi connectivity index (χ3n) is 4.93. The van der Waals surface area contributed by atoms with Crippen LogP contribution in [-0.2, 0) is 11.8 Å². The molecule has 2 aromatic carbocycles. The van der Waals surface area contributed by atoms with Crippen LogP contribution in [0, 0.1) is 6.92 Å². The summed E-state index contributed by atoms with van der Waals surface area (Å²) >= 11 is 0. The first-order chi connectivity index (χ1) is 14.9. The average Bonchev–Trinajstić information content (AvgIpc) is 3.21. The standard InChI is InChI=1S/C23H26N4O4/c1-15-7-5-6-8-19(15)23(29)25-14-20(28)26-21(22-24-9-10-27(22)2)16-11-17(30-3)13-18(12-16)31-4/h5-13,21H,14H2,1-4H3,(H,25,29)(H,26,28)/t21-/m0/s1. The minimum atomic E-state index is -0.563. The Morgan fingerprint density at radius 3 is 2.35 bits per heavy atom. The van der Waals surface area contributed by atoms with Gasteiger partial charge < -0.3 is 24.7 Å². The van der Waals surface area contributed by atoms with Crippen LogP contribution in [0.1, 0.15) is 33.4 Å². The Labute approximate surface area is 181 Å². The Kier molecular flexibility index (Phi) is 6.92.